The van der Waals surface area contributed by atoms with Crippen LogP contribution >= 0.6 is 0 Å². The highest BCUT2D eigenvalue weighted by Gasteiger charge is 2.56. The summed E-state index contributed by atoms with van der Waals surface area (Å²) in [5, 5.41) is 3.17. The number of carbonyl (C=O) groups is 3. The zero-order chi connectivity index (χ0) is 17.6. The average Bonchev–Trinajstić information content (AvgIpc) is 2.96. The SMILES string of the molecule is NC(=O)CN1OC2C(=O)NC(=O)C2C1c1ccc(C(F)(F)F)cc1. The smallest absolute Gasteiger partial charge is 0.368 e. The van der Waals surface area contributed by atoms with Gasteiger partial charge in [0.2, 0.25) is 11.8 Å². The zero-order valence-electron chi connectivity index (χ0n) is 12.0. The molecule has 128 valence electrons. The Bertz CT molecular complexity index is 704. The molecule has 2 aliphatic heterocycles. The number of nitrogens with two attached hydrogens (primary N) is 1. The van der Waals surface area contributed by atoms with Crippen molar-refractivity contribution in [3.63, 3.8) is 0 Å². The molecule has 3 amide bonds. The Morgan fingerprint density at radius 1 is 1.21 bits per heavy atom. The Labute approximate surface area is 133 Å². The second-order valence-corrected chi connectivity index (χ2v) is 5.51. The number of hydroxylamine groups is 2. The maximum Gasteiger partial charge on any atom is 0.416 e. The van der Waals surface area contributed by atoms with E-state index in [0.717, 1.165) is 17.2 Å². The van der Waals surface area contributed by atoms with Gasteiger partial charge < -0.3 is 5.73 Å². The second-order valence-electron chi connectivity index (χ2n) is 5.51. The molecule has 0 bridgehead atoms. The fourth-order valence-electron chi connectivity index (χ4n) is 2.92. The van der Waals surface area contributed by atoms with Gasteiger partial charge in [-0.1, -0.05) is 12.1 Å². The lowest BCUT2D eigenvalue weighted by Gasteiger charge is -2.24. The Balaban J connectivity index is 1.96. The van der Waals surface area contributed by atoms with E-state index in [1.54, 1.807) is 0 Å². The van der Waals surface area contributed by atoms with Crippen LogP contribution in [0.5, 0.6) is 0 Å². The first-order valence-corrected chi connectivity index (χ1v) is 6.92. The molecule has 10 heteroatoms. The topological polar surface area (TPSA) is 102 Å². The van der Waals surface area contributed by atoms with Crippen molar-refractivity contribution in [2.45, 2.75) is 18.3 Å². The summed E-state index contributed by atoms with van der Waals surface area (Å²) in [5.41, 5.74) is 4.57. The van der Waals surface area contributed by atoms with Crippen molar-refractivity contribution in [3.8, 4) is 0 Å². The summed E-state index contributed by atoms with van der Waals surface area (Å²) >= 11 is 0. The predicted molar refractivity (Wildman–Crippen MR) is 71.6 cm³/mol. The molecule has 1 aromatic rings. The predicted octanol–water partition coefficient (Wildman–Crippen LogP) is 0.120. The molecule has 2 aliphatic rings. The van der Waals surface area contributed by atoms with Crippen molar-refractivity contribution in [1.29, 1.82) is 0 Å². The first kappa shape index (κ1) is 16.4. The number of hydrogen-bond acceptors (Lipinski definition) is 5. The van der Waals surface area contributed by atoms with Crippen molar-refractivity contribution < 1.29 is 32.4 Å². The minimum absolute atomic E-state index is 0.307. The normalized spacial score (nSPS) is 27.2. The average molecular weight is 343 g/mol. The summed E-state index contributed by atoms with van der Waals surface area (Å²) < 4.78 is 38.0. The quantitative estimate of drug-likeness (QED) is 0.759. The van der Waals surface area contributed by atoms with Gasteiger partial charge in [-0.05, 0) is 17.7 Å². The van der Waals surface area contributed by atoms with Crippen LogP contribution in [0.15, 0.2) is 24.3 Å². The van der Waals surface area contributed by atoms with Crippen LogP contribution in [0.2, 0.25) is 0 Å². The maximum absolute atomic E-state index is 12.7. The molecule has 2 saturated heterocycles. The van der Waals surface area contributed by atoms with E-state index in [9.17, 15) is 27.6 Å². The molecule has 0 spiro atoms. The molecule has 3 rings (SSSR count). The summed E-state index contributed by atoms with van der Waals surface area (Å²) in [7, 11) is 0. The summed E-state index contributed by atoms with van der Waals surface area (Å²) in [5.74, 6) is -3.00. The molecule has 3 unspecified atom stereocenters. The molecular formula is C14H12F3N3O4. The molecule has 3 N–H and O–H groups in total. The number of amides is 3. The minimum Gasteiger partial charge on any atom is -0.368 e. The monoisotopic (exact) mass is 343 g/mol. The van der Waals surface area contributed by atoms with E-state index >= 15 is 0 Å². The lowest BCUT2D eigenvalue weighted by atomic mass is 9.90. The minimum atomic E-state index is -4.50. The van der Waals surface area contributed by atoms with Gasteiger partial charge in [-0.3, -0.25) is 24.5 Å². The molecule has 0 radical (unpaired) electrons. The van der Waals surface area contributed by atoms with Crippen LogP contribution in [-0.2, 0) is 25.4 Å². The number of benzene rings is 1. The first-order valence-electron chi connectivity index (χ1n) is 6.92. The van der Waals surface area contributed by atoms with E-state index in [2.05, 4.69) is 5.32 Å². The standard InChI is InChI=1S/C14H12F3N3O4/c15-14(16,17)7-3-1-6(2-4-7)10-9-11(13(23)19-12(9)22)24-20(10)5-8(18)21/h1-4,9-11H,5H2,(H2,18,21)(H,19,22,23). The number of hydrogen-bond donors (Lipinski definition) is 2. The van der Waals surface area contributed by atoms with Crippen molar-refractivity contribution in [2.24, 2.45) is 11.7 Å². The lowest BCUT2D eigenvalue weighted by Crippen LogP contribution is -2.37. The highest BCUT2D eigenvalue weighted by molar-refractivity contribution is 6.07. The van der Waals surface area contributed by atoms with Gasteiger partial charge in [0.15, 0.2) is 6.10 Å². The number of carbonyl (C=O) groups excluding carboxylic acids is 3. The summed E-state index contributed by atoms with van der Waals surface area (Å²) in [4.78, 5) is 40.2. The highest BCUT2D eigenvalue weighted by Crippen LogP contribution is 2.42. The molecule has 3 atom stereocenters. The molecule has 2 fully saturated rings. The second kappa shape index (κ2) is 5.56. The summed E-state index contributed by atoms with van der Waals surface area (Å²) in [6.45, 7) is -0.404. The maximum atomic E-state index is 12.7. The van der Waals surface area contributed by atoms with Crippen LogP contribution in [0.3, 0.4) is 0 Å². The largest absolute Gasteiger partial charge is 0.416 e. The van der Waals surface area contributed by atoms with E-state index in [0.29, 0.717) is 5.56 Å². The van der Waals surface area contributed by atoms with Gasteiger partial charge in [0.05, 0.1) is 17.5 Å². The molecule has 0 aliphatic carbocycles. The zero-order valence-corrected chi connectivity index (χ0v) is 12.0. The number of imide groups is 1. The summed E-state index contributed by atoms with van der Waals surface area (Å²) in [6, 6.07) is 3.20. The Kier molecular flexibility index (Phi) is 3.80. The highest BCUT2D eigenvalue weighted by atomic mass is 19.4. The van der Waals surface area contributed by atoms with E-state index < -0.39 is 54.1 Å². The molecule has 0 aromatic heterocycles. The van der Waals surface area contributed by atoms with Crippen molar-refractivity contribution in [1.82, 2.24) is 10.4 Å². The van der Waals surface area contributed by atoms with E-state index in [-0.39, 0.29) is 0 Å². The molecule has 1 aromatic carbocycles. The van der Waals surface area contributed by atoms with Crippen LogP contribution in [0.1, 0.15) is 17.2 Å². The van der Waals surface area contributed by atoms with Crippen molar-refractivity contribution in [3.05, 3.63) is 35.4 Å². The Morgan fingerprint density at radius 3 is 2.38 bits per heavy atom. The molecule has 0 saturated carbocycles. The van der Waals surface area contributed by atoms with Gasteiger partial charge in [0.1, 0.15) is 6.54 Å². The third-order valence-electron chi connectivity index (χ3n) is 3.92. The number of nitrogens with one attached hydrogen (secondary N) is 1. The third kappa shape index (κ3) is 2.74. The van der Waals surface area contributed by atoms with E-state index in [4.69, 9.17) is 10.6 Å². The lowest BCUT2D eigenvalue weighted by molar-refractivity contribution is -0.176. The third-order valence-corrected chi connectivity index (χ3v) is 3.92. The molecule has 2 heterocycles. The number of alkyl halides is 3. The van der Waals surface area contributed by atoms with Crippen LogP contribution in [0, 0.1) is 5.92 Å². The number of halogens is 3. The molecular weight excluding hydrogens is 331 g/mol. The van der Waals surface area contributed by atoms with Gasteiger partial charge in [-0.2, -0.15) is 18.2 Å². The van der Waals surface area contributed by atoms with Crippen LogP contribution in [-0.4, -0.2) is 35.4 Å². The van der Waals surface area contributed by atoms with Crippen LogP contribution in [0.25, 0.3) is 0 Å². The van der Waals surface area contributed by atoms with Crippen molar-refractivity contribution >= 4 is 17.7 Å². The van der Waals surface area contributed by atoms with Gasteiger partial charge in [-0.25, -0.2) is 0 Å². The van der Waals surface area contributed by atoms with Gasteiger partial charge in [-0.15, -0.1) is 0 Å². The summed E-state index contributed by atoms with van der Waals surface area (Å²) in [6.07, 6.45) is -5.63. The Hall–Kier alpha value is -2.46. The number of fused-ring (bicyclic) bond motifs is 1. The van der Waals surface area contributed by atoms with Gasteiger partial charge >= 0.3 is 6.18 Å². The van der Waals surface area contributed by atoms with E-state index in [1.165, 1.54) is 12.1 Å². The molecule has 7 nitrogen and oxygen atoms in total. The van der Waals surface area contributed by atoms with Gasteiger partial charge in [0.25, 0.3) is 5.91 Å². The first-order chi connectivity index (χ1) is 11.2. The number of nitrogens with zero attached hydrogens (tertiary/aromatic N) is 1. The van der Waals surface area contributed by atoms with Crippen LogP contribution < -0.4 is 11.1 Å². The number of primary amides is 1. The van der Waals surface area contributed by atoms with Crippen molar-refractivity contribution in [2.75, 3.05) is 6.54 Å². The van der Waals surface area contributed by atoms with Gasteiger partial charge in [0, 0.05) is 0 Å². The van der Waals surface area contributed by atoms with E-state index in [1.807, 2.05) is 0 Å². The Morgan fingerprint density at radius 2 is 1.83 bits per heavy atom. The van der Waals surface area contributed by atoms with Crippen LogP contribution in [0.4, 0.5) is 13.2 Å². The fraction of sp³-hybridized carbons (Fsp3) is 0.357. The molecule has 24 heavy (non-hydrogen) atoms. The number of rotatable bonds is 3. The fourth-order valence-corrected chi connectivity index (χ4v) is 2.92.